The Kier molecular flexibility index (Phi) is 6.56. The van der Waals surface area contributed by atoms with Gasteiger partial charge in [0.25, 0.3) is 5.91 Å². The van der Waals surface area contributed by atoms with E-state index in [2.05, 4.69) is 5.32 Å². The van der Waals surface area contributed by atoms with Crippen LogP contribution in [0.5, 0.6) is 5.75 Å². The van der Waals surface area contributed by atoms with E-state index in [1.54, 1.807) is 12.1 Å². The van der Waals surface area contributed by atoms with Gasteiger partial charge in [-0.1, -0.05) is 17.7 Å². The van der Waals surface area contributed by atoms with Crippen LogP contribution in [0.1, 0.15) is 5.56 Å². The summed E-state index contributed by atoms with van der Waals surface area (Å²) >= 11 is 5.94. The number of carbonyl (C=O) groups excluding carboxylic acids is 1. The molecule has 0 bridgehead atoms. The molecule has 1 fully saturated rings. The van der Waals surface area contributed by atoms with Crippen molar-refractivity contribution in [1.82, 2.24) is 4.31 Å². The normalized spacial score (nSPS) is 15.2. The number of sulfonamides is 1. The van der Waals surface area contributed by atoms with Gasteiger partial charge in [0.1, 0.15) is 5.75 Å². The summed E-state index contributed by atoms with van der Waals surface area (Å²) in [4.78, 5) is 12.3. The van der Waals surface area contributed by atoms with Crippen LogP contribution < -0.4 is 10.1 Å². The maximum Gasteiger partial charge on any atom is 0.262 e. The molecule has 2 aromatic carbocycles. The molecule has 0 atom stereocenters. The third-order valence-electron chi connectivity index (χ3n) is 4.28. The zero-order valence-electron chi connectivity index (χ0n) is 15.4. The molecule has 1 N–H and O–H groups in total. The van der Waals surface area contributed by atoms with Crippen molar-refractivity contribution in [2.24, 2.45) is 0 Å². The number of nitrogens with one attached hydrogen (secondary N) is 1. The van der Waals surface area contributed by atoms with Crippen LogP contribution in [0.3, 0.4) is 0 Å². The highest BCUT2D eigenvalue weighted by atomic mass is 35.5. The Balaban J connectivity index is 1.58. The van der Waals surface area contributed by atoms with Crippen molar-refractivity contribution in [2.75, 3.05) is 38.2 Å². The van der Waals surface area contributed by atoms with E-state index < -0.39 is 10.0 Å². The van der Waals surface area contributed by atoms with Crippen molar-refractivity contribution in [3.63, 3.8) is 0 Å². The Bertz CT molecular complexity index is 941. The van der Waals surface area contributed by atoms with Gasteiger partial charge in [0.2, 0.25) is 10.0 Å². The molecule has 150 valence electrons. The smallest absolute Gasteiger partial charge is 0.262 e. The fourth-order valence-corrected chi connectivity index (χ4v) is 4.29. The molecule has 0 aromatic heterocycles. The quantitative estimate of drug-likeness (QED) is 0.770. The number of ether oxygens (including phenoxy) is 2. The summed E-state index contributed by atoms with van der Waals surface area (Å²) in [7, 11) is -3.55. The minimum atomic E-state index is -3.55. The number of nitrogens with zero attached hydrogens (tertiary/aromatic N) is 1. The predicted octanol–water partition coefficient (Wildman–Crippen LogP) is 2.69. The Morgan fingerprint density at radius 2 is 1.86 bits per heavy atom. The van der Waals surface area contributed by atoms with Gasteiger partial charge in [-0.2, -0.15) is 4.31 Å². The first-order valence-electron chi connectivity index (χ1n) is 8.73. The number of morpholine rings is 1. The molecule has 1 amide bonds. The minimum absolute atomic E-state index is 0.181. The van der Waals surface area contributed by atoms with Crippen molar-refractivity contribution in [1.29, 1.82) is 0 Å². The molecule has 2 aromatic rings. The number of rotatable bonds is 6. The van der Waals surface area contributed by atoms with Gasteiger partial charge in [-0.25, -0.2) is 8.42 Å². The van der Waals surface area contributed by atoms with Gasteiger partial charge in [0.05, 0.1) is 18.1 Å². The summed E-state index contributed by atoms with van der Waals surface area (Å²) in [6.07, 6.45) is 0. The van der Waals surface area contributed by atoms with Crippen molar-refractivity contribution in [3.8, 4) is 5.75 Å². The molecule has 28 heavy (non-hydrogen) atoms. The van der Waals surface area contributed by atoms with E-state index in [0.717, 1.165) is 5.56 Å². The Labute approximate surface area is 169 Å². The Morgan fingerprint density at radius 1 is 1.18 bits per heavy atom. The summed E-state index contributed by atoms with van der Waals surface area (Å²) in [5.41, 5.74) is 1.50. The third-order valence-corrected chi connectivity index (χ3v) is 6.42. The first kappa shape index (κ1) is 20.6. The lowest BCUT2D eigenvalue weighted by molar-refractivity contribution is -0.118. The van der Waals surface area contributed by atoms with Crippen molar-refractivity contribution in [3.05, 3.63) is 53.1 Å². The number of halogens is 1. The number of amides is 1. The van der Waals surface area contributed by atoms with Crippen LogP contribution >= 0.6 is 11.6 Å². The van der Waals surface area contributed by atoms with E-state index in [1.165, 1.54) is 28.6 Å². The second-order valence-electron chi connectivity index (χ2n) is 6.28. The highest BCUT2D eigenvalue weighted by Crippen LogP contribution is 2.22. The van der Waals surface area contributed by atoms with Gasteiger partial charge in [-0.3, -0.25) is 4.79 Å². The number of hydrogen-bond donors (Lipinski definition) is 1. The number of hydrogen-bond acceptors (Lipinski definition) is 5. The van der Waals surface area contributed by atoms with E-state index in [-0.39, 0.29) is 17.4 Å². The molecule has 0 radical (unpaired) electrons. The molecule has 0 aliphatic carbocycles. The Hall–Kier alpha value is -2.13. The minimum Gasteiger partial charge on any atom is -0.484 e. The molecule has 1 saturated heterocycles. The van der Waals surface area contributed by atoms with Gasteiger partial charge in [-0.05, 0) is 48.9 Å². The number of benzene rings is 2. The number of anilines is 1. The fourth-order valence-electron chi connectivity index (χ4n) is 2.71. The SMILES string of the molecule is Cc1ccc(Cl)cc1NC(=O)COc1ccc(S(=O)(=O)N2CCOCC2)cc1. The maximum atomic E-state index is 12.6. The second-order valence-corrected chi connectivity index (χ2v) is 8.66. The van der Waals surface area contributed by atoms with Gasteiger partial charge in [0, 0.05) is 23.8 Å². The van der Waals surface area contributed by atoms with Crippen LogP contribution in [0, 0.1) is 6.92 Å². The van der Waals surface area contributed by atoms with Gasteiger partial charge >= 0.3 is 0 Å². The van der Waals surface area contributed by atoms with Crippen LogP contribution in [0.2, 0.25) is 5.02 Å². The van der Waals surface area contributed by atoms with E-state index in [0.29, 0.717) is 42.8 Å². The van der Waals surface area contributed by atoms with Gasteiger partial charge in [-0.15, -0.1) is 0 Å². The van der Waals surface area contributed by atoms with Crippen molar-refractivity contribution in [2.45, 2.75) is 11.8 Å². The zero-order valence-corrected chi connectivity index (χ0v) is 16.9. The lowest BCUT2D eigenvalue weighted by Gasteiger charge is -2.26. The molecule has 1 aliphatic heterocycles. The van der Waals surface area contributed by atoms with Crippen LogP contribution in [-0.2, 0) is 19.6 Å². The second kappa shape index (κ2) is 8.91. The average molecular weight is 425 g/mol. The van der Waals surface area contributed by atoms with Crippen molar-refractivity contribution >= 4 is 33.2 Å². The fraction of sp³-hybridized carbons (Fsp3) is 0.316. The predicted molar refractivity (Wildman–Crippen MR) is 106 cm³/mol. The molecular formula is C19H21ClN2O5S. The van der Waals surface area contributed by atoms with E-state index in [4.69, 9.17) is 21.1 Å². The molecule has 0 saturated carbocycles. The first-order valence-corrected chi connectivity index (χ1v) is 10.5. The standard InChI is InChI=1S/C19H21ClN2O5S/c1-14-2-3-15(20)12-18(14)21-19(23)13-27-16-4-6-17(7-5-16)28(24,25)22-8-10-26-11-9-22/h2-7,12H,8-11,13H2,1H3,(H,21,23). The van der Waals surface area contributed by atoms with E-state index in [1.807, 2.05) is 13.0 Å². The molecule has 1 heterocycles. The lowest BCUT2D eigenvalue weighted by atomic mass is 10.2. The Morgan fingerprint density at radius 3 is 2.54 bits per heavy atom. The number of aryl methyl sites for hydroxylation is 1. The zero-order chi connectivity index (χ0) is 20.1. The van der Waals surface area contributed by atoms with Crippen molar-refractivity contribution < 1.29 is 22.7 Å². The topological polar surface area (TPSA) is 84.9 Å². The summed E-state index contributed by atoms with van der Waals surface area (Å²) in [6.45, 7) is 3.11. The maximum absolute atomic E-state index is 12.6. The van der Waals surface area contributed by atoms with Crippen LogP contribution in [0.4, 0.5) is 5.69 Å². The molecular weight excluding hydrogens is 404 g/mol. The molecule has 3 rings (SSSR count). The van der Waals surface area contributed by atoms with E-state index >= 15 is 0 Å². The molecule has 9 heteroatoms. The molecule has 0 spiro atoms. The van der Waals surface area contributed by atoms with Crippen LogP contribution in [-0.4, -0.2) is 51.5 Å². The summed E-state index contributed by atoms with van der Waals surface area (Å²) in [6, 6.07) is 11.2. The molecule has 1 aliphatic rings. The molecule has 0 unspecified atom stereocenters. The highest BCUT2D eigenvalue weighted by Gasteiger charge is 2.26. The van der Waals surface area contributed by atoms with Gasteiger partial charge in [0.15, 0.2) is 6.61 Å². The monoisotopic (exact) mass is 424 g/mol. The third kappa shape index (κ3) is 5.02. The van der Waals surface area contributed by atoms with E-state index in [9.17, 15) is 13.2 Å². The lowest BCUT2D eigenvalue weighted by Crippen LogP contribution is -2.40. The summed E-state index contributed by atoms with van der Waals surface area (Å²) < 4.78 is 37.2. The molecule has 7 nitrogen and oxygen atoms in total. The van der Waals surface area contributed by atoms with Gasteiger partial charge < -0.3 is 14.8 Å². The van der Waals surface area contributed by atoms with Crippen LogP contribution in [0.25, 0.3) is 0 Å². The summed E-state index contributed by atoms with van der Waals surface area (Å²) in [5, 5.41) is 3.26. The largest absolute Gasteiger partial charge is 0.484 e. The summed E-state index contributed by atoms with van der Waals surface area (Å²) in [5.74, 6) is 0.0641. The highest BCUT2D eigenvalue weighted by molar-refractivity contribution is 7.89. The number of carbonyl (C=O) groups is 1. The van der Waals surface area contributed by atoms with Crippen LogP contribution in [0.15, 0.2) is 47.4 Å². The first-order chi connectivity index (χ1) is 13.4. The average Bonchev–Trinajstić information content (AvgIpc) is 2.70.